The maximum Gasteiger partial charge on any atom is 0.165 e. The highest BCUT2D eigenvalue weighted by atomic mass is 16.5. The van der Waals surface area contributed by atoms with Crippen molar-refractivity contribution in [2.45, 2.75) is 0 Å². The summed E-state index contributed by atoms with van der Waals surface area (Å²) in [5.41, 5.74) is 4.70. The van der Waals surface area contributed by atoms with E-state index in [1.807, 2.05) is 30.3 Å². The third kappa shape index (κ3) is 1.09. The third-order valence-electron chi connectivity index (χ3n) is 3.19. The Morgan fingerprint density at radius 3 is 2.67 bits per heavy atom. The molecule has 0 radical (unpaired) electrons. The van der Waals surface area contributed by atoms with Gasteiger partial charge in [0.15, 0.2) is 11.3 Å². The topological polar surface area (TPSA) is 50.8 Å². The molecule has 0 atom stereocenters. The number of benzene rings is 2. The van der Waals surface area contributed by atoms with Gasteiger partial charge in [-0.1, -0.05) is 30.8 Å². The van der Waals surface area contributed by atoms with E-state index in [1.165, 1.54) is 0 Å². The van der Waals surface area contributed by atoms with Crippen molar-refractivity contribution in [3.05, 3.63) is 48.5 Å². The Hall–Kier alpha value is -2.62. The highest BCUT2D eigenvalue weighted by Crippen LogP contribution is 2.43. The molecule has 0 bridgehead atoms. The summed E-state index contributed by atoms with van der Waals surface area (Å²) in [7, 11) is 0. The van der Waals surface area contributed by atoms with Crippen LogP contribution in [0, 0.1) is 0 Å². The van der Waals surface area contributed by atoms with Crippen LogP contribution in [0.3, 0.4) is 0 Å². The summed E-state index contributed by atoms with van der Waals surface area (Å²) in [5, 5.41) is 10.8. The summed E-state index contributed by atoms with van der Waals surface area (Å²) >= 11 is 0. The Balaban J connectivity index is 2.14. The van der Waals surface area contributed by atoms with Gasteiger partial charge in [0.1, 0.15) is 11.3 Å². The second-order valence-electron chi connectivity index (χ2n) is 4.20. The second-order valence-corrected chi connectivity index (χ2v) is 4.20. The van der Waals surface area contributed by atoms with Crippen molar-refractivity contribution < 1.29 is 4.74 Å². The van der Waals surface area contributed by atoms with Crippen LogP contribution < -0.4 is 4.74 Å². The highest BCUT2D eigenvalue weighted by molar-refractivity contribution is 5.96. The molecule has 0 saturated carbocycles. The molecule has 2 heterocycles. The van der Waals surface area contributed by atoms with Crippen LogP contribution in [0.15, 0.2) is 43.0 Å². The zero-order chi connectivity index (χ0) is 12.1. The smallest absolute Gasteiger partial charge is 0.165 e. The number of fused-ring (bicyclic) bond motifs is 5. The molecule has 0 amide bonds. The Labute approximate surface area is 103 Å². The second kappa shape index (κ2) is 3.20. The molecule has 0 fully saturated rings. The lowest BCUT2D eigenvalue weighted by molar-refractivity contribution is 0.518. The molecule has 4 rings (SSSR count). The van der Waals surface area contributed by atoms with Crippen LogP contribution in [0.5, 0.6) is 5.75 Å². The van der Waals surface area contributed by atoms with Gasteiger partial charge in [-0.3, -0.25) is 0 Å². The number of aromatic amines is 1. The van der Waals surface area contributed by atoms with Crippen molar-refractivity contribution in [3.63, 3.8) is 0 Å². The number of rotatable bonds is 0. The molecule has 0 saturated heterocycles. The fourth-order valence-electron chi connectivity index (χ4n) is 2.34. The average molecular weight is 235 g/mol. The van der Waals surface area contributed by atoms with Crippen LogP contribution in [0.2, 0.25) is 0 Å². The largest absolute Gasteiger partial charge is 0.454 e. The van der Waals surface area contributed by atoms with Crippen molar-refractivity contribution in [1.29, 1.82) is 0 Å². The third-order valence-corrected chi connectivity index (χ3v) is 3.19. The van der Waals surface area contributed by atoms with Crippen LogP contribution in [-0.2, 0) is 0 Å². The van der Waals surface area contributed by atoms with Gasteiger partial charge < -0.3 is 4.74 Å². The zero-order valence-corrected chi connectivity index (χ0v) is 9.47. The molecule has 1 aromatic heterocycles. The molecule has 1 N–H and O–H groups in total. The van der Waals surface area contributed by atoms with Gasteiger partial charge in [0.25, 0.3) is 0 Å². The Bertz CT molecular complexity index is 789. The number of nitrogens with zero attached hydrogens (tertiary/aromatic N) is 2. The molecule has 86 valence electrons. The lowest BCUT2D eigenvalue weighted by Crippen LogP contribution is -2.04. The van der Waals surface area contributed by atoms with Crippen molar-refractivity contribution in [2.24, 2.45) is 0 Å². The van der Waals surface area contributed by atoms with Gasteiger partial charge in [0.05, 0.1) is 0 Å². The first-order valence-electron chi connectivity index (χ1n) is 5.64. The number of hydrogen-bond acceptors (Lipinski definition) is 3. The average Bonchev–Trinajstić information content (AvgIpc) is 2.88. The predicted molar refractivity (Wildman–Crippen MR) is 69.0 cm³/mol. The number of hydrogen-bond donors (Lipinski definition) is 1. The van der Waals surface area contributed by atoms with E-state index in [0.29, 0.717) is 5.76 Å². The number of H-pyrrole nitrogens is 1. The predicted octanol–water partition coefficient (Wildman–Crippen LogP) is 2.99. The van der Waals surface area contributed by atoms with Crippen molar-refractivity contribution in [1.82, 2.24) is 15.4 Å². The van der Waals surface area contributed by atoms with Crippen molar-refractivity contribution in [3.8, 4) is 16.9 Å². The first kappa shape index (κ1) is 9.41. The molecular weight excluding hydrogens is 226 g/mol. The Kier molecular flexibility index (Phi) is 1.67. The summed E-state index contributed by atoms with van der Waals surface area (Å²) in [4.78, 5) is 0. The number of ether oxygens (including phenoxy) is 1. The summed E-state index contributed by atoms with van der Waals surface area (Å²) in [6.07, 6.45) is 0. The molecule has 18 heavy (non-hydrogen) atoms. The van der Waals surface area contributed by atoms with Crippen LogP contribution in [0.4, 0.5) is 0 Å². The van der Waals surface area contributed by atoms with Crippen LogP contribution in [0.25, 0.3) is 27.9 Å². The van der Waals surface area contributed by atoms with Gasteiger partial charge in [-0.05, 0) is 17.7 Å². The monoisotopic (exact) mass is 235 g/mol. The van der Waals surface area contributed by atoms with Gasteiger partial charge in [0, 0.05) is 11.1 Å². The molecule has 4 nitrogen and oxygen atoms in total. The van der Waals surface area contributed by atoms with Gasteiger partial charge in [-0.25, -0.2) is 0 Å². The number of aromatic nitrogens is 3. The SMILES string of the molecule is C=C1Oc2c(ccc3n[nH]nc23)-c2ccccc21. The van der Waals surface area contributed by atoms with Gasteiger partial charge in [-0.15, -0.1) is 0 Å². The fourth-order valence-corrected chi connectivity index (χ4v) is 2.34. The quantitative estimate of drug-likeness (QED) is 0.651. The van der Waals surface area contributed by atoms with E-state index in [1.54, 1.807) is 0 Å². The summed E-state index contributed by atoms with van der Waals surface area (Å²) in [6.45, 7) is 3.96. The minimum Gasteiger partial charge on any atom is -0.454 e. The Morgan fingerprint density at radius 1 is 0.944 bits per heavy atom. The molecular formula is C14H9N3O. The standard InChI is InChI=1S/C14H9N3O/c1-8-9-4-2-3-5-10(9)11-6-7-12-13(14(11)18-8)16-17-15-12/h2-7H,1H2,(H,15,16,17). The van der Waals surface area contributed by atoms with E-state index in [4.69, 9.17) is 4.74 Å². The lowest BCUT2D eigenvalue weighted by Gasteiger charge is -2.21. The minimum atomic E-state index is 0.647. The first-order valence-corrected chi connectivity index (χ1v) is 5.64. The zero-order valence-electron chi connectivity index (χ0n) is 9.47. The minimum absolute atomic E-state index is 0.647. The van der Waals surface area contributed by atoms with E-state index < -0.39 is 0 Å². The van der Waals surface area contributed by atoms with Gasteiger partial charge >= 0.3 is 0 Å². The summed E-state index contributed by atoms with van der Waals surface area (Å²) in [5.74, 6) is 1.37. The van der Waals surface area contributed by atoms with Gasteiger partial charge in [0.2, 0.25) is 0 Å². The van der Waals surface area contributed by atoms with Crippen LogP contribution >= 0.6 is 0 Å². The van der Waals surface area contributed by atoms with E-state index in [-0.39, 0.29) is 0 Å². The summed E-state index contributed by atoms with van der Waals surface area (Å²) in [6, 6.07) is 12.0. The molecule has 3 aromatic rings. The van der Waals surface area contributed by atoms with E-state index in [0.717, 1.165) is 33.5 Å². The van der Waals surface area contributed by atoms with E-state index in [2.05, 4.69) is 28.1 Å². The van der Waals surface area contributed by atoms with Crippen LogP contribution in [0.1, 0.15) is 5.56 Å². The molecule has 2 aromatic carbocycles. The maximum absolute atomic E-state index is 5.81. The van der Waals surface area contributed by atoms with E-state index in [9.17, 15) is 0 Å². The highest BCUT2D eigenvalue weighted by Gasteiger charge is 2.23. The fraction of sp³-hybridized carbons (Fsp3) is 0. The molecule has 0 spiro atoms. The molecule has 0 unspecified atom stereocenters. The summed E-state index contributed by atoms with van der Waals surface area (Å²) < 4.78 is 5.81. The Morgan fingerprint density at radius 2 is 1.78 bits per heavy atom. The van der Waals surface area contributed by atoms with Crippen LogP contribution in [-0.4, -0.2) is 15.4 Å². The van der Waals surface area contributed by atoms with Gasteiger partial charge in [-0.2, -0.15) is 15.4 Å². The first-order chi connectivity index (χ1) is 8.84. The maximum atomic E-state index is 5.81. The molecule has 1 aliphatic heterocycles. The lowest BCUT2D eigenvalue weighted by atomic mass is 9.95. The number of nitrogens with one attached hydrogen (secondary N) is 1. The van der Waals surface area contributed by atoms with Crippen molar-refractivity contribution >= 4 is 16.8 Å². The molecule has 4 heteroatoms. The molecule has 1 aliphatic rings. The molecule has 0 aliphatic carbocycles. The van der Waals surface area contributed by atoms with E-state index >= 15 is 0 Å². The van der Waals surface area contributed by atoms with Crippen molar-refractivity contribution in [2.75, 3.05) is 0 Å². The normalized spacial score (nSPS) is 13.0.